The summed E-state index contributed by atoms with van der Waals surface area (Å²) in [5.41, 5.74) is 1.69. The first kappa shape index (κ1) is 14.9. The molecule has 7 heteroatoms. The molecule has 0 radical (unpaired) electrons. The minimum absolute atomic E-state index is 0.0585. The van der Waals surface area contributed by atoms with Gasteiger partial charge in [-0.2, -0.15) is 10.2 Å². The van der Waals surface area contributed by atoms with Gasteiger partial charge in [0, 0.05) is 36.5 Å². The summed E-state index contributed by atoms with van der Waals surface area (Å²) in [6.07, 6.45) is 7.39. The summed E-state index contributed by atoms with van der Waals surface area (Å²) < 4.78 is 0. The number of hydrogen-bond donors (Lipinski definition) is 2. The van der Waals surface area contributed by atoms with Crippen LogP contribution in [0.1, 0.15) is 84.1 Å². The second-order valence-corrected chi connectivity index (χ2v) is 8.65. The predicted molar refractivity (Wildman–Crippen MR) is 93.8 cm³/mol. The molecule has 4 aliphatic rings. The van der Waals surface area contributed by atoms with Gasteiger partial charge in [0.1, 0.15) is 11.5 Å². The Morgan fingerprint density at radius 3 is 2.54 bits per heavy atom. The van der Waals surface area contributed by atoms with Gasteiger partial charge in [0.05, 0.1) is 0 Å². The third-order valence-electron chi connectivity index (χ3n) is 6.53. The van der Waals surface area contributed by atoms with Crippen molar-refractivity contribution >= 4 is 5.91 Å². The van der Waals surface area contributed by atoms with Crippen LogP contribution in [0.3, 0.4) is 0 Å². The summed E-state index contributed by atoms with van der Waals surface area (Å²) in [7, 11) is 0. The Hall–Kier alpha value is -2.18. The normalized spacial score (nSPS) is 28.7. The van der Waals surface area contributed by atoms with E-state index in [9.17, 15) is 4.79 Å². The van der Waals surface area contributed by atoms with E-state index in [4.69, 9.17) is 4.98 Å². The van der Waals surface area contributed by atoms with E-state index >= 15 is 0 Å². The fourth-order valence-corrected chi connectivity index (χ4v) is 4.48. The highest BCUT2D eigenvalue weighted by Gasteiger charge is 2.46. The van der Waals surface area contributed by atoms with Gasteiger partial charge in [0.15, 0.2) is 5.82 Å². The molecule has 0 bridgehead atoms. The van der Waals surface area contributed by atoms with Crippen LogP contribution in [0.25, 0.3) is 0 Å². The van der Waals surface area contributed by atoms with E-state index in [-0.39, 0.29) is 11.8 Å². The predicted octanol–water partition coefficient (Wildman–Crippen LogP) is 2.55. The molecule has 0 spiro atoms. The maximum atomic E-state index is 13.0. The molecule has 4 fully saturated rings. The van der Waals surface area contributed by atoms with Crippen LogP contribution < -0.4 is 0 Å². The van der Waals surface area contributed by atoms with E-state index in [1.165, 1.54) is 38.5 Å². The summed E-state index contributed by atoms with van der Waals surface area (Å²) in [6, 6.07) is 1.96. The average molecular weight is 352 g/mol. The number of rotatable bonds is 5. The number of likely N-dealkylation sites (tertiary alicyclic amines) is 1. The number of hydrogen-bond acceptors (Lipinski definition) is 4. The Labute approximate surface area is 152 Å². The molecule has 1 aliphatic heterocycles. The number of nitrogens with zero attached hydrogens (tertiary/aromatic N) is 4. The van der Waals surface area contributed by atoms with Gasteiger partial charge in [0.2, 0.25) is 0 Å². The Morgan fingerprint density at radius 2 is 1.81 bits per heavy atom. The molecule has 2 aromatic rings. The molecule has 7 nitrogen and oxygen atoms in total. The van der Waals surface area contributed by atoms with Crippen molar-refractivity contribution in [2.45, 2.75) is 56.3 Å². The Morgan fingerprint density at radius 1 is 1.00 bits per heavy atom. The molecule has 6 rings (SSSR count). The molecule has 0 aromatic carbocycles. The van der Waals surface area contributed by atoms with E-state index in [1.807, 2.05) is 11.0 Å². The maximum Gasteiger partial charge on any atom is 0.274 e. The maximum absolute atomic E-state index is 13.0. The summed E-state index contributed by atoms with van der Waals surface area (Å²) >= 11 is 0. The van der Waals surface area contributed by atoms with E-state index in [1.54, 1.807) is 0 Å². The number of H-pyrrole nitrogens is 2. The Kier molecular flexibility index (Phi) is 3.11. The fraction of sp³-hybridized carbons (Fsp3) is 0.684. The lowest BCUT2D eigenvalue weighted by molar-refractivity contribution is 0.0779. The van der Waals surface area contributed by atoms with Crippen LogP contribution in [0.15, 0.2) is 6.07 Å². The van der Waals surface area contributed by atoms with Gasteiger partial charge in [-0.3, -0.25) is 15.0 Å². The highest BCUT2D eigenvalue weighted by atomic mass is 16.2. The fourth-order valence-electron chi connectivity index (χ4n) is 4.48. The number of aromatic amines is 2. The number of nitrogens with one attached hydrogen (secondary N) is 2. The van der Waals surface area contributed by atoms with Gasteiger partial charge in [-0.05, 0) is 56.4 Å². The molecule has 2 atom stereocenters. The minimum Gasteiger partial charge on any atom is -0.336 e. The zero-order valence-electron chi connectivity index (χ0n) is 14.8. The van der Waals surface area contributed by atoms with Gasteiger partial charge in [-0.1, -0.05) is 0 Å². The molecule has 3 aliphatic carbocycles. The van der Waals surface area contributed by atoms with Crippen molar-refractivity contribution < 1.29 is 4.79 Å². The second kappa shape index (κ2) is 5.41. The summed E-state index contributed by atoms with van der Waals surface area (Å²) in [5, 5.41) is 15.0. The lowest BCUT2D eigenvalue weighted by Crippen LogP contribution is -2.29. The van der Waals surface area contributed by atoms with Crippen LogP contribution in [0.2, 0.25) is 0 Å². The SMILES string of the molecule is O=C(c1cc(C2CC2)[nH]n1)N1C[C@H](c2nc(C3CC3)n[nH]2)[C@@H](C2CC2)C1. The van der Waals surface area contributed by atoms with Crippen molar-refractivity contribution in [3.05, 3.63) is 29.1 Å². The molecule has 0 unspecified atom stereocenters. The molecule has 2 aromatic heterocycles. The molecule has 1 saturated heterocycles. The number of carbonyl (C=O) groups excluding carboxylic acids is 1. The van der Waals surface area contributed by atoms with Crippen LogP contribution in [0.5, 0.6) is 0 Å². The van der Waals surface area contributed by atoms with Crippen LogP contribution in [0, 0.1) is 11.8 Å². The Balaban J connectivity index is 1.23. The van der Waals surface area contributed by atoms with Gasteiger partial charge in [-0.15, -0.1) is 0 Å². The lowest BCUT2D eigenvalue weighted by atomic mass is 9.91. The van der Waals surface area contributed by atoms with E-state index in [2.05, 4.69) is 20.4 Å². The number of carbonyl (C=O) groups is 1. The minimum atomic E-state index is 0.0585. The quantitative estimate of drug-likeness (QED) is 0.865. The molecule has 3 saturated carbocycles. The van der Waals surface area contributed by atoms with Crippen molar-refractivity contribution in [3.63, 3.8) is 0 Å². The van der Waals surface area contributed by atoms with Gasteiger partial charge < -0.3 is 4.90 Å². The van der Waals surface area contributed by atoms with E-state index in [0.717, 1.165) is 36.4 Å². The highest BCUT2D eigenvalue weighted by Crippen LogP contribution is 2.48. The second-order valence-electron chi connectivity index (χ2n) is 8.65. The number of amides is 1. The Bertz CT molecular complexity index is 844. The molecule has 136 valence electrons. The zero-order valence-corrected chi connectivity index (χ0v) is 14.8. The average Bonchev–Trinajstić information content (AvgIpc) is 3.62. The van der Waals surface area contributed by atoms with Crippen LogP contribution >= 0.6 is 0 Å². The topological polar surface area (TPSA) is 90.6 Å². The van der Waals surface area contributed by atoms with Gasteiger partial charge >= 0.3 is 0 Å². The van der Waals surface area contributed by atoms with Crippen molar-refractivity contribution in [1.29, 1.82) is 0 Å². The molecule has 26 heavy (non-hydrogen) atoms. The first-order chi connectivity index (χ1) is 12.8. The standard InChI is InChI=1S/C19H24N6O/c26-19(16-7-15(21-22-16)11-3-4-11)25-8-13(10-1-2-10)14(9-25)18-20-17(23-24-18)12-5-6-12/h7,10-14H,1-6,8-9H2,(H,21,22)(H,20,23,24)/t13-,14+/m1/s1. The van der Waals surface area contributed by atoms with Crippen molar-refractivity contribution in [1.82, 2.24) is 30.3 Å². The van der Waals surface area contributed by atoms with Crippen LogP contribution in [-0.2, 0) is 0 Å². The van der Waals surface area contributed by atoms with Crippen molar-refractivity contribution in [2.75, 3.05) is 13.1 Å². The highest BCUT2D eigenvalue weighted by molar-refractivity contribution is 5.92. The molecule has 2 N–H and O–H groups in total. The van der Waals surface area contributed by atoms with Crippen LogP contribution in [0.4, 0.5) is 0 Å². The summed E-state index contributed by atoms with van der Waals surface area (Å²) in [4.78, 5) is 19.8. The monoisotopic (exact) mass is 352 g/mol. The van der Waals surface area contributed by atoms with Crippen molar-refractivity contribution in [2.24, 2.45) is 11.8 Å². The molecule has 1 amide bonds. The summed E-state index contributed by atoms with van der Waals surface area (Å²) in [6.45, 7) is 1.55. The molecular weight excluding hydrogens is 328 g/mol. The lowest BCUT2D eigenvalue weighted by Gasteiger charge is -2.14. The molecular formula is C19H24N6O. The first-order valence-corrected chi connectivity index (χ1v) is 10.0. The van der Waals surface area contributed by atoms with E-state index in [0.29, 0.717) is 23.4 Å². The third kappa shape index (κ3) is 2.56. The van der Waals surface area contributed by atoms with E-state index < -0.39 is 0 Å². The third-order valence-corrected chi connectivity index (χ3v) is 6.53. The first-order valence-electron chi connectivity index (χ1n) is 10.0. The van der Waals surface area contributed by atoms with Crippen LogP contribution in [-0.4, -0.2) is 49.3 Å². The van der Waals surface area contributed by atoms with Crippen molar-refractivity contribution in [3.8, 4) is 0 Å². The largest absolute Gasteiger partial charge is 0.336 e. The molecule has 3 heterocycles. The van der Waals surface area contributed by atoms with Gasteiger partial charge in [-0.25, -0.2) is 4.98 Å². The smallest absolute Gasteiger partial charge is 0.274 e. The zero-order chi connectivity index (χ0) is 17.3. The summed E-state index contributed by atoms with van der Waals surface area (Å²) in [5.74, 6) is 4.68. The number of aromatic nitrogens is 5. The van der Waals surface area contributed by atoms with Gasteiger partial charge in [0.25, 0.3) is 5.91 Å².